The second-order valence-corrected chi connectivity index (χ2v) is 14.0. The molecule has 0 radical (unpaired) electrons. The van der Waals surface area contributed by atoms with E-state index in [1.165, 1.54) is 14.0 Å². The smallest absolute Gasteiger partial charge is 0.312 e. The van der Waals surface area contributed by atoms with E-state index >= 15 is 0 Å². The number of aliphatic hydroxyl groups is 4. The standard InChI is InChI=1S/C28H52INO9/c1-15-11-26(6,34)12-16(2)21(38-20-13-27(7,36-10)23(32)19(5)37-20)17(3)24(33)39-25(29)28(8,35)22(31)18(4)30(9)14-15/h15-23,25,31-32,34-35H,11-14H2,1-10H3/t15-,16-,17-,18-,19+,20+,21+,22-,23+,25+,26-,27-,28+/m1/s1. The fourth-order valence-corrected chi connectivity index (χ4v) is 6.83. The highest BCUT2D eigenvalue weighted by Gasteiger charge is 2.49. The van der Waals surface area contributed by atoms with E-state index in [1.807, 2.05) is 55.3 Å². The first-order valence-corrected chi connectivity index (χ1v) is 15.2. The maximum atomic E-state index is 13.4. The van der Waals surface area contributed by atoms with Crippen molar-refractivity contribution in [2.45, 2.75) is 132 Å². The lowest BCUT2D eigenvalue weighted by Crippen LogP contribution is -2.58. The monoisotopic (exact) mass is 673 g/mol. The fraction of sp³-hybridized carbons (Fsp3) is 0.964. The molecule has 230 valence electrons. The zero-order chi connectivity index (χ0) is 30.1. The minimum Gasteiger partial charge on any atom is -0.448 e. The van der Waals surface area contributed by atoms with Gasteiger partial charge in [-0.25, -0.2) is 0 Å². The maximum absolute atomic E-state index is 13.4. The number of ether oxygens (including phenoxy) is 4. The van der Waals surface area contributed by atoms with E-state index in [2.05, 4.69) is 0 Å². The van der Waals surface area contributed by atoms with Crippen LogP contribution in [0, 0.1) is 17.8 Å². The second kappa shape index (κ2) is 13.5. The number of carbonyl (C=O) groups excluding carboxylic acids is 1. The van der Waals surface area contributed by atoms with Gasteiger partial charge < -0.3 is 44.3 Å². The Morgan fingerprint density at radius 1 is 1.00 bits per heavy atom. The van der Waals surface area contributed by atoms with Gasteiger partial charge in [-0.3, -0.25) is 4.79 Å². The van der Waals surface area contributed by atoms with Crippen LogP contribution in [0.4, 0.5) is 0 Å². The van der Waals surface area contributed by atoms with E-state index in [4.69, 9.17) is 18.9 Å². The van der Waals surface area contributed by atoms with Crippen molar-refractivity contribution in [3.05, 3.63) is 0 Å². The molecule has 2 rings (SSSR count). The van der Waals surface area contributed by atoms with Crippen LogP contribution in [0.2, 0.25) is 0 Å². The van der Waals surface area contributed by atoms with Crippen LogP contribution in [0.3, 0.4) is 0 Å². The Morgan fingerprint density at radius 2 is 1.59 bits per heavy atom. The molecule has 2 heterocycles. The van der Waals surface area contributed by atoms with Crippen molar-refractivity contribution in [1.82, 2.24) is 4.90 Å². The molecule has 11 heteroatoms. The first kappa shape index (κ1) is 35.1. The average molecular weight is 674 g/mol. The van der Waals surface area contributed by atoms with E-state index in [-0.39, 0.29) is 18.3 Å². The van der Waals surface area contributed by atoms with Crippen LogP contribution in [0.1, 0.15) is 74.7 Å². The molecule has 0 saturated carbocycles. The number of aliphatic hydroxyl groups excluding tert-OH is 2. The Morgan fingerprint density at radius 3 is 2.15 bits per heavy atom. The van der Waals surface area contributed by atoms with Crippen LogP contribution < -0.4 is 0 Å². The number of esters is 1. The number of carbonyl (C=O) groups is 1. The number of halogens is 1. The minimum atomic E-state index is -1.72. The summed E-state index contributed by atoms with van der Waals surface area (Å²) in [4.78, 5) is 15.4. The van der Waals surface area contributed by atoms with Gasteiger partial charge in [-0.05, 0) is 95.9 Å². The molecule has 0 spiro atoms. The summed E-state index contributed by atoms with van der Waals surface area (Å²) in [6.07, 6.45) is -3.00. The Balaban J connectivity index is 2.43. The average Bonchev–Trinajstić information content (AvgIpc) is 2.82. The lowest BCUT2D eigenvalue weighted by molar-refractivity contribution is -0.296. The first-order valence-electron chi connectivity index (χ1n) is 14.0. The van der Waals surface area contributed by atoms with E-state index in [0.29, 0.717) is 19.4 Å². The van der Waals surface area contributed by atoms with Gasteiger partial charge in [-0.15, -0.1) is 0 Å². The zero-order valence-corrected chi connectivity index (χ0v) is 27.4. The Labute approximate surface area is 247 Å². The van der Waals surface area contributed by atoms with Crippen LogP contribution in [-0.4, -0.2) is 110 Å². The summed E-state index contributed by atoms with van der Waals surface area (Å²) < 4.78 is 22.7. The lowest BCUT2D eigenvalue weighted by atomic mass is 9.80. The van der Waals surface area contributed by atoms with Gasteiger partial charge >= 0.3 is 5.97 Å². The van der Waals surface area contributed by atoms with Gasteiger partial charge in [-0.1, -0.05) is 13.8 Å². The summed E-state index contributed by atoms with van der Waals surface area (Å²) in [6, 6.07) is -0.434. The number of cyclic esters (lactones) is 1. The zero-order valence-electron chi connectivity index (χ0n) is 25.3. The van der Waals surface area contributed by atoms with Crippen LogP contribution in [-0.2, 0) is 23.7 Å². The topological polar surface area (TPSA) is 138 Å². The molecule has 0 aromatic carbocycles. The molecule has 0 amide bonds. The van der Waals surface area contributed by atoms with Gasteiger partial charge in [0, 0.05) is 26.1 Å². The fourth-order valence-electron chi connectivity index (χ4n) is 6.21. The predicted octanol–water partition coefficient (Wildman–Crippen LogP) is 2.46. The lowest BCUT2D eigenvalue weighted by Gasteiger charge is -2.46. The molecule has 0 bridgehead atoms. The Kier molecular flexibility index (Phi) is 12.1. The van der Waals surface area contributed by atoms with Crippen LogP contribution in [0.5, 0.6) is 0 Å². The molecule has 0 aromatic rings. The summed E-state index contributed by atoms with van der Waals surface area (Å²) in [6.45, 7) is 14.9. The van der Waals surface area contributed by atoms with Crippen LogP contribution in [0.15, 0.2) is 0 Å². The van der Waals surface area contributed by atoms with Crippen molar-refractivity contribution in [1.29, 1.82) is 0 Å². The molecule has 0 aliphatic carbocycles. The van der Waals surface area contributed by atoms with Crippen LogP contribution >= 0.6 is 22.6 Å². The molecule has 0 aromatic heterocycles. The third kappa shape index (κ3) is 8.47. The van der Waals surface area contributed by atoms with E-state index < -0.39 is 69.5 Å². The molecule has 13 atom stereocenters. The Bertz CT molecular complexity index is 814. The van der Waals surface area contributed by atoms with E-state index in [0.717, 1.165) is 0 Å². The molecule has 2 fully saturated rings. The highest BCUT2D eigenvalue weighted by atomic mass is 127. The highest BCUT2D eigenvalue weighted by Crippen LogP contribution is 2.37. The van der Waals surface area contributed by atoms with Gasteiger partial charge in [0.2, 0.25) is 0 Å². The van der Waals surface area contributed by atoms with Gasteiger partial charge in [0.05, 0.1) is 29.3 Å². The molecule has 2 saturated heterocycles. The summed E-state index contributed by atoms with van der Waals surface area (Å²) in [5, 5.41) is 44.4. The second-order valence-electron chi connectivity index (χ2n) is 12.9. The quantitative estimate of drug-likeness (QED) is 0.201. The van der Waals surface area contributed by atoms with Gasteiger partial charge in [0.15, 0.2) is 10.4 Å². The molecular weight excluding hydrogens is 621 g/mol. The van der Waals surface area contributed by atoms with E-state index in [1.54, 1.807) is 27.7 Å². The van der Waals surface area contributed by atoms with Crippen molar-refractivity contribution < 1.29 is 44.2 Å². The minimum absolute atomic E-state index is 0.0819. The molecule has 4 N–H and O–H groups in total. The third-order valence-corrected chi connectivity index (χ3v) is 10.3. The van der Waals surface area contributed by atoms with Gasteiger partial charge in [0.25, 0.3) is 0 Å². The Hall–Kier alpha value is -0.120. The molecule has 10 nitrogen and oxygen atoms in total. The first-order chi connectivity index (χ1) is 17.8. The number of likely N-dealkylation sites (N-methyl/N-ethyl adjacent to an activating group) is 1. The van der Waals surface area contributed by atoms with Crippen LogP contribution in [0.25, 0.3) is 0 Å². The number of alkyl halides is 1. The number of methoxy groups -OCH3 is 1. The predicted molar refractivity (Wildman–Crippen MR) is 155 cm³/mol. The maximum Gasteiger partial charge on any atom is 0.312 e. The van der Waals surface area contributed by atoms with Crippen molar-refractivity contribution in [3.8, 4) is 0 Å². The summed E-state index contributed by atoms with van der Waals surface area (Å²) in [5.74, 6) is -1.59. The third-order valence-electron chi connectivity index (χ3n) is 8.79. The van der Waals surface area contributed by atoms with Gasteiger partial charge in [0.1, 0.15) is 17.8 Å². The SMILES string of the molecule is CO[C@]1(C)C[C@H](O[C@H]2[C@H](C)C[C@](C)(O)C[C@@H](C)CN(C)[C@H](C)[C@@H](O)[C@](C)(O)[C@@H](I)OC(=O)[C@@H]2C)O[C@@H](C)[C@@H]1O. The van der Waals surface area contributed by atoms with E-state index in [9.17, 15) is 25.2 Å². The molecule has 2 aliphatic heterocycles. The molecule has 0 unspecified atom stereocenters. The number of nitrogens with zero attached hydrogens (tertiary/aromatic N) is 1. The molecular formula is C28H52INO9. The number of hydrogen-bond acceptors (Lipinski definition) is 10. The number of rotatable bonds is 3. The van der Waals surface area contributed by atoms with Gasteiger partial charge in [-0.2, -0.15) is 0 Å². The highest BCUT2D eigenvalue weighted by molar-refractivity contribution is 14.1. The summed E-state index contributed by atoms with van der Waals surface area (Å²) >= 11 is 1.85. The normalized spacial score (nSPS) is 50.1. The number of hydrogen-bond donors (Lipinski definition) is 4. The van der Waals surface area contributed by atoms with Crippen molar-refractivity contribution >= 4 is 28.6 Å². The molecule has 2 aliphatic rings. The largest absolute Gasteiger partial charge is 0.448 e. The molecule has 39 heavy (non-hydrogen) atoms. The van der Waals surface area contributed by atoms with Crippen molar-refractivity contribution in [2.75, 3.05) is 20.7 Å². The van der Waals surface area contributed by atoms with Crippen molar-refractivity contribution in [2.24, 2.45) is 17.8 Å². The summed E-state index contributed by atoms with van der Waals surface area (Å²) in [7, 11) is 3.40. The summed E-state index contributed by atoms with van der Waals surface area (Å²) in [5.41, 5.74) is -3.68. The van der Waals surface area contributed by atoms with Crippen molar-refractivity contribution in [3.63, 3.8) is 0 Å².